The lowest BCUT2D eigenvalue weighted by molar-refractivity contribution is 0.524. The first-order valence-corrected chi connectivity index (χ1v) is 10.1. The van der Waals surface area contributed by atoms with Gasteiger partial charge in [-0.1, -0.05) is 30.3 Å². The van der Waals surface area contributed by atoms with Crippen LogP contribution in [0.3, 0.4) is 0 Å². The summed E-state index contributed by atoms with van der Waals surface area (Å²) in [4.78, 5) is 11.5. The average molecular weight is 384 g/mol. The van der Waals surface area contributed by atoms with Crippen LogP contribution in [0.25, 0.3) is 16.7 Å². The van der Waals surface area contributed by atoms with Crippen LogP contribution in [0.15, 0.2) is 67.1 Å². The van der Waals surface area contributed by atoms with Gasteiger partial charge in [-0.15, -0.1) is 0 Å². The molecule has 0 aliphatic carbocycles. The lowest BCUT2D eigenvalue weighted by atomic mass is 10.0. The summed E-state index contributed by atoms with van der Waals surface area (Å²) in [5, 5.41) is 9.26. The fourth-order valence-electron chi connectivity index (χ4n) is 4.05. The summed E-state index contributed by atoms with van der Waals surface area (Å²) in [5.74, 6) is 0.978. The normalized spacial score (nSPS) is 15.0. The van der Waals surface area contributed by atoms with Crippen LogP contribution in [0.1, 0.15) is 18.4 Å². The predicted molar refractivity (Wildman–Crippen MR) is 117 cm³/mol. The molecule has 146 valence electrons. The van der Waals surface area contributed by atoms with Gasteiger partial charge in [0.2, 0.25) is 0 Å². The van der Waals surface area contributed by atoms with Gasteiger partial charge in [0.25, 0.3) is 0 Å². The molecule has 0 bridgehead atoms. The Kier molecular flexibility index (Phi) is 4.60. The molecule has 1 N–H and O–H groups in total. The molecule has 29 heavy (non-hydrogen) atoms. The molecule has 4 aromatic rings. The van der Waals surface area contributed by atoms with Crippen LogP contribution in [0.2, 0.25) is 0 Å². The van der Waals surface area contributed by atoms with Gasteiger partial charge in [0.15, 0.2) is 5.65 Å². The molecule has 1 saturated heterocycles. The van der Waals surface area contributed by atoms with Crippen molar-refractivity contribution in [3.05, 3.63) is 72.7 Å². The molecule has 0 unspecified atom stereocenters. The number of nitrogens with zero attached hydrogens (tertiary/aromatic N) is 5. The molecule has 3 heterocycles. The first-order chi connectivity index (χ1) is 14.3. The number of piperidine rings is 1. The third-order valence-electron chi connectivity index (χ3n) is 5.53. The van der Waals surface area contributed by atoms with E-state index in [-0.39, 0.29) is 0 Å². The van der Waals surface area contributed by atoms with Crippen LogP contribution >= 0.6 is 0 Å². The molecule has 0 atom stereocenters. The Balaban J connectivity index is 1.34. The molecule has 5 rings (SSSR count). The highest BCUT2D eigenvalue weighted by molar-refractivity contribution is 5.87. The summed E-state index contributed by atoms with van der Waals surface area (Å²) in [7, 11) is 0. The summed E-state index contributed by atoms with van der Waals surface area (Å²) in [5.41, 5.74) is 4.35. The van der Waals surface area contributed by atoms with Crippen LogP contribution in [0, 0.1) is 6.92 Å². The monoisotopic (exact) mass is 384 g/mol. The van der Waals surface area contributed by atoms with Gasteiger partial charge in [0.05, 0.1) is 17.3 Å². The van der Waals surface area contributed by atoms with E-state index in [0.29, 0.717) is 6.04 Å². The second kappa shape index (κ2) is 7.54. The smallest absolute Gasteiger partial charge is 0.168 e. The van der Waals surface area contributed by atoms with Crippen LogP contribution in [-0.2, 0) is 0 Å². The number of hydrogen-bond acceptors (Lipinski definition) is 5. The van der Waals surface area contributed by atoms with E-state index in [4.69, 9.17) is 0 Å². The summed E-state index contributed by atoms with van der Waals surface area (Å²) >= 11 is 0. The average Bonchev–Trinajstić information content (AvgIpc) is 3.19. The number of benzene rings is 2. The largest absolute Gasteiger partial charge is 0.382 e. The maximum absolute atomic E-state index is 4.60. The van der Waals surface area contributed by atoms with Crippen molar-refractivity contribution >= 4 is 22.5 Å². The van der Waals surface area contributed by atoms with Crippen LogP contribution in [-0.4, -0.2) is 38.9 Å². The zero-order valence-corrected chi connectivity index (χ0v) is 16.5. The Labute approximate surface area is 170 Å². The zero-order valence-electron chi connectivity index (χ0n) is 16.5. The molecule has 1 fully saturated rings. The van der Waals surface area contributed by atoms with Crippen molar-refractivity contribution in [2.75, 3.05) is 23.3 Å². The fourth-order valence-corrected chi connectivity index (χ4v) is 4.05. The fraction of sp³-hybridized carbons (Fsp3) is 0.261. The Morgan fingerprint density at radius 1 is 0.966 bits per heavy atom. The van der Waals surface area contributed by atoms with Gasteiger partial charge in [-0.05, 0) is 49.6 Å². The van der Waals surface area contributed by atoms with Crippen molar-refractivity contribution < 1.29 is 0 Å². The number of para-hydroxylation sites is 1. The van der Waals surface area contributed by atoms with Crippen LogP contribution in [0.5, 0.6) is 0 Å². The van der Waals surface area contributed by atoms with E-state index in [2.05, 4.69) is 56.5 Å². The van der Waals surface area contributed by atoms with E-state index < -0.39 is 0 Å². The van der Waals surface area contributed by atoms with Gasteiger partial charge < -0.3 is 10.2 Å². The molecular weight excluding hydrogens is 360 g/mol. The van der Waals surface area contributed by atoms with Crippen LogP contribution < -0.4 is 10.2 Å². The maximum atomic E-state index is 4.60. The number of rotatable bonds is 4. The van der Waals surface area contributed by atoms with Crippen molar-refractivity contribution in [1.29, 1.82) is 0 Å². The predicted octanol–water partition coefficient (Wildman–Crippen LogP) is 4.20. The van der Waals surface area contributed by atoms with E-state index in [1.54, 1.807) is 6.33 Å². The van der Waals surface area contributed by atoms with E-state index in [1.165, 1.54) is 11.3 Å². The molecule has 6 nitrogen and oxygen atoms in total. The highest BCUT2D eigenvalue weighted by Crippen LogP contribution is 2.27. The molecule has 6 heteroatoms. The molecule has 1 aliphatic heterocycles. The molecule has 2 aromatic carbocycles. The van der Waals surface area contributed by atoms with E-state index >= 15 is 0 Å². The summed E-state index contributed by atoms with van der Waals surface area (Å²) in [6, 6.07) is 19.2. The van der Waals surface area contributed by atoms with Crippen molar-refractivity contribution in [3.8, 4) is 5.69 Å². The van der Waals surface area contributed by atoms with Crippen molar-refractivity contribution in [2.24, 2.45) is 0 Å². The Morgan fingerprint density at radius 2 is 1.79 bits per heavy atom. The van der Waals surface area contributed by atoms with Gasteiger partial charge in [-0.3, -0.25) is 0 Å². The molecule has 0 radical (unpaired) electrons. The van der Waals surface area contributed by atoms with Gasteiger partial charge >= 0.3 is 0 Å². The van der Waals surface area contributed by atoms with Crippen molar-refractivity contribution in [3.63, 3.8) is 0 Å². The van der Waals surface area contributed by atoms with Crippen molar-refractivity contribution in [2.45, 2.75) is 25.8 Å². The summed E-state index contributed by atoms with van der Waals surface area (Å²) in [6.45, 7) is 4.06. The maximum Gasteiger partial charge on any atom is 0.168 e. The second-order valence-electron chi connectivity index (χ2n) is 7.60. The number of hydrogen-bond donors (Lipinski definition) is 1. The number of aromatic nitrogens is 4. The third-order valence-corrected chi connectivity index (χ3v) is 5.53. The standard InChI is InChI=1S/C23H24N6/c1-17-6-5-7-19(14-17)27-18-10-12-28(13-11-18)22-21-15-26-29(23(21)25-16-24-22)20-8-3-2-4-9-20/h2-9,14-16,18,27H,10-13H2,1H3. The van der Waals surface area contributed by atoms with E-state index in [1.807, 2.05) is 41.2 Å². The summed E-state index contributed by atoms with van der Waals surface area (Å²) < 4.78 is 1.88. The van der Waals surface area contributed by atoms with Gasteiger partial charge in [-0.2, -0.15) is 5.10 Å². The van der Waals surface area contributed by atoms with E-state index in [9.17, 15) is 0 Å². The molecule has 1 aliphatic rings. The number of nitrogens with one attached hydrogen (secondary N) is 1. The highest BCUT2D eigenvalue weighted by atomic mass is 15.3. The molecule has 0 spiro atoms. The molecule has 2 aromatic heterocycles. The number of anilines is 2. The van der Waals surface area contributed by atoms with Crippen LogP contribution in [0.4, 0.5) is 11.5 Å². The Bertz CT molecular complexity index is 1110. The molecule has 0 amide bonds. The first kappa shape index (κ1) is 17.7. The minimum Gasteiger partial charge on any atom is -0.382 e. The minimum atomic E-state index is 0.484. The van der Waals surface area contributed by atoms with Gasteiger partial charge in [0.1, 0.15) is 12.1 Å². The molecule has 0 saturated carbocycles. The Hall–Kier alpha value is -3.41. The lowest BCUT2D eigenvalue weighted by Crippen LogP contribution is -2.39. The zero-order chi connectivity index (χ0) is 19.6. The van der Waals surface area contributed by atoms with Crippen molar-refractivity contribution in [1.82, 2.24) is 19.7 Å². The summed E-state index contributed by atoms with van der Waals surface area (Å²) in [6.07, 6.45) is 5.68. The number of aryl methyl sites for hydroxylation is 1. The number of fused-ring (bicyclic) bond motifs is 1. The third kappa shape index (κ3) is 3.53. The Morgan fingerprint density at radius 3 is 2.59 bits per heavy atom. The first-order valence-electron chi connectivity index (χ1n) is 10.1. The minimum absolute atomic E-state index is 0.484. The SMILES string of the molecule is Cc1cccc(NC2CCN(c3ncnc4c3cnn4-c3ccccc3)CC2)c1. The topological polar surface area (TPSA) is 58.9 Å². The highest BCUT2D eigenvalue weighted by Gasteiger charge is 2.23. The van der Waals surface area contributed by atoms with E-state index in [0.717, 1.165) is 48.5 Å². The molecular formula is C23H24N6. The van der Waals surface area contributed by atoms with Gasteiger partial charge in [-0.25, -0.2) is 14.6 Å². The van der Waals surface area contributed by atoms with Gasteiger partial charge in [0, 0.05) is 24.8 Å². The second-order valence-corrected chi connectivity index (χ2v) is 7.60. The quantitative estimate of drug-likeness (QED) is 0.571. The lowest BCUT2D eigenvalue weighted by Gasteiger charge is -2.33.